The van der Waals surface area contributed by atoms with Crippen LogP contribution in [-0.2, 0) is 21.4 Å². The highest BCUT2D eigenvalue weighted by Crippen LogP contribution is 2.22. The minimum Gasteiger partial charge on any atom is -0.480 e. The Labute approximate surface area is 139 Å². The summed E-state index contributed by atoms with van der Waals surface area (Å²) in [6, 6.07) is 7.66. The normalized spacial score (nSPS) is 13.0. The predicted octanol–water partition coefficient (Wildman–Crippen LogP) is 3.53. The van der Waals surface area contributed by atoms with Gasteiger partial charge in [-0.1, -0.05) is 58.9 Å². The van der Waals surface area contributed by atoms with Crippen LogP contribution in [0.1, 0.15) is 58.6 Å². The summed E-state index contributed by atoms with van der Waals surface area (Å²) in [6.45, 7) is 10.1. The fraction of sp³-hybridized carbons (Fsp3) is 0.579. The highest BCUT2D eigenvalue weighted by molar-refractivity contribution is 5.83. The molecule has 1 aromatic rings. The lowest BCUT2D eigenvalue weighted by molar-refractivity contribution is -0.143. The van der Waals surface area contributed by atoms with E-state index in [4.69, 9.17) is 5.11 Å². The van der Waals surface area contributed by atoms with Crippen LogP contribution in [0, 0.1) is 5.92 Å². The first-order valence-electron chi connectivity index (χ1n) is 8.23. The zero-order chi connectivity index (χ0) is 17.6. The molecule has 2 N–H and O–H groups in total. The van der Waals surface area contributed by atoms with Crippen molar-refractivity contribution in [2.45, 2.75) is 65.3 Å². The van der Waals surface area contributed by atoms with Crippen molar-refractivity contribution < 1.29 is 14.7 Å². The summed E-state index contributed by atoms with van der Waals surface area (Å²) in [5.74, 6) is -1.30. The summed E-state index contributed by atoms with van der Waals surface area (Å²) in [6.07, 6.45) is 1.87. The SMILES string of the molecule is CC(C)C(NC(=O)CCCc1ccc(C(C)(C)C)cc1)C(=O)O. The van der Waals surface area contributed by atoms with Gasteiger partial charge in [0.1, 0.15) is 6.04 Å². The highest BCUT2D eigenvalue weighted by atomic mass is 16.4. The van der Waals surface area contributed by atoms with Gasteiger partial charge in [-0.25, -0.2) is 4.79 Å². The maximum atomic E-state index is 11.9. The molecule has 1 atom stereocenters. The molecule has 0 aliphatic rings. The molecule has 0 aliphatic carbocycles. The van der Waals surface area contributed by atoms with E-state index in [9.17, 15) is 9.59 Å². The molecule has 0 bridgehead atoms. The van der Waals surface area contributed by atoms with Crippen molar-refractivity contribution in [2.24, 2.45) is 5.92 Å². The van der Waals surface area contributed by atoms with Crippen LogP contribution in [0.5, 0.6) is 0 Å². The maximum Gasteiger partial charge on any atom is 0.326 e. The molecule has 0 saturated heterocycles. The lowest BCUT2D eigenvalue weighted by Gasteiger charge is -2.19. The smallest absolute Gasteiger partial charge is 0.326 e. The van der Waals surface area contributed by atoms with E-state index >= 15 is 0 Å². The number of carbonyl (C=O) groups is 2. The molecule has 4 nitrogen and oxygen atoms in total. The van der Waals surface area contributed by atoms with Crippen LogP contribution in [0.3, 0.4) is 0 Å². The van der Waals surface area contributed by atoms with Gasteiger partial charge in [0.25, 0.3) is 0 Å². The van der Waals surface area contributed by atoms with Crippen LogP contribution >= 0.6 is 0 Å². The van der Waals surface area contributed by atoms with Gasteiger partial charge in [0, 0.05) is 6.42 Å². The Morgan fingerprint density at radius 1 is 1.13 bits per heavy atom. The van der Waals surface area contributed by atoms with E-state index in [0.717, 1.165) is 6.42 Å². The van der Waals surface area contributed by atoms with Gasteiger partial charge in [0.2, 0.25) is 5.91 Å². The highest BCUT2D eigenvalue weighted by Gasteiger charge is 2.22. The van der Waals surface area contributed by atoms with Crippen LogP contribution < -0.4 is 5.32 Å². The Morgan fingerprint density at radius 2 is 1.70 bits per heavy atom. The van der Waals surface area contributed by atoms with E-state index in [1.54, 1.807) is 13.8 Å². The first kappa shape index (κ1) is 19.2. The van der Waals surface area contributed by atoms with Gasteiger partial charge in [-0.3, -0.25) is 4.79 Å². The van der Waals surface area contributed by atoms with Crippen LogP contribution in [-0.4, -0.2) is 23.0 Å². The summed E-state index contributed by atoms with van der Waals surface area (Å²) in [5.41, 5.74) is 2.63. The Morgan fingerprint density at radius 3 is 2.13 bits per heavy atom. The second-order valence-electron chi connectivity index (χ2n) is 7.43. The number of carbonyl (C=O) groups excluding carboxylic acids is 1. The summed E-state index contributed by atoms with van der Waals surface area (Å²) in [7, 11) is 0. The predicted molar refractivity (Wildman–Crippen MR) is 92.5 cm³/mol. The first-order chi connectivity index (χ1) is 10.6. The second kappa shape index (κ2) is 8.14. The minimum atomic E-state index is -0.980. The Kier molecular flexibility index (Phi) is 6.79. The molecule has 1 amide bonds. The van der Waals surface area contributed by atoms with Crippen molar-refractivity contribution >= 4 is 11.9 Å². The molecule has 23 heavy (non-hydrogen) atoms. The third-order valence-electron chi connectivity index (χ3n) is 3.94. The molecule has 0 fully saturated rings. The van der Waals surface area contributed by atoms with Crippen molar-refractivity contribution in [2.75, 3.05) is 0 Å². The van der Waals surface area contributed by atoms with Crippen molar-refractivity contribution in [3.63, 3.8) is 0 Å². The third-order valence-corrected chi connectivity index (χ3v) is 3.94. The fourth-order valence-electron chi connectivity index (χ4n) is 2.38. The molecule has 0 heterocycles. The van der Waals surface area contributed by atoms with Crippen LogP contribution in [0.2, 0.25) is 0 Å². The summed E-state index contributed by atoms with van der Waals surface area (Å²) in [5, 5.41) is 11.7. The summed E-state index contributed by atoms with van der Waals surface area (Å²) >= 11 is 0. The molecule has 0 aromatic heterocycles. The van der Waals surface area contributed by atoms with E-state index in [0.29, 0.717) is 12.8 Å². The van der Waals surface area contributed by atoms with Crippen molar-refractivity contribution in [3.8, 4) is 0 Å². The largest absolute Gasteiger partial charge is 0.480 e. The molecule has 0 spiro atoms. The average Bonchev–Trinajstić information content (AvgIpc) is 2.43. The van der Waals surface area contributed by atoms with E-state index in [1.165, 1.54) is 11.1 Å². The molecule has 1 unspecified atom stereocenters. The zero-order valence-electron chi connectivity index (χ0n) is 14.8. The zero-order valence-corrected chi connectivity index (χ0v) is 14.8. The van der Waals surface area contributed by atoms with Crippen molar-refractivity contribution in [1.82, 2.24) is 5.32 Å². The topological polar surface area (TPSA) is 66.4 Å². The van der Waals surface area contributed by atoms with E-state index in [2.05, 4.69) is 50.4 Å². The van der Waals surface area contributed by atoms with Crippen LogP contribution in [0.4, 0.5) is 0 Å². The van der Waals surface area contributed by atoms with Crippen molar-refractivity contribution in [1.29, 1.82) is 0 Å². The summed E-state index contributed by atoms with van der Waals surface area (Å²) < 4.78 is 0. The Bertz CT molecular complexity index is 527. The van der Waals surface area contributed by atoms with Gasteiger partial charge < -0.3 is 10.4 Å². The first-order valence-corrected chi connectivity index (χ1v) is 8.23. The van der Waals surface area contributed by atoms with Crippen LogP contribution in [0.25, 0.3) is 0 Å². The number of benzene rings is 1. The lowest BCUT2D eigenvalue weighted by atomic mass is 9.86. The third kappa shape index (κ3) is 6.43. The maximum absolute atomic E-state index is 11.9. The molecule has 0 aliphatic heterocycles. The number of aryl methyl sites for hydroxylation is 1. The molecule has 128 valence electrons. The Hall–Kier alpha value is -1.84. The molecule has 0 radical (unpaired) electrons. The number of carboxylic acids is 1. The van der Waals surface area contributed by atoms with Gasteiger partial charge in [-0.15, -0.1) is 0 Å². The number of hydrogen-bond acceptors (Lipinski definition) is 2. The fourth-order valence-corrected chi connectivity index (χ4v) is 2.38. The van der Waals surface area contributed by atoms with Gasteiger partial charge in [0.15, 0.2) is 0 Å². The Balaban J connectivity index is 2.44. The number of aliphatic carboxylic acids is 1. The van der Waals surface area contributed by atoms with Gasteiger partial charge in [0.05, 0.1) is 0 Å². The number of nitrogens with one attached hydrogen (secondary N) is 1. The average molecular weight is 319 g/mol. The van der Waals surface area contributed by atoms with Gasteiger partial charge in [-0.05, 0) is 35.3 Å². The molecule has 1 rings (SSSR count). The molecule has 1 aromatic carbocycles. The molecular formula is C19H29NO3. The van der Waals surface area contributed by atoms with Crippen LogP contribution in [0.15, 0.2) is 24.3 Å². The molecule has 4 heteroatoms. The lowest BCUT2D eigenvalue weighted by Crippen LogP contribution is -2.44. The standard InChI is InChI=1S/C19H29NO3/c1-13(2)17(18(22)23)20-16(21)8-6-7-14-9-11-15(12-10-14)19(3,4)5/h9-13,17H,6-8H2,1-5H3,(H,20,21)(H,22,23). The quantitative estimate of drug-likeness (QED) is 0.808. The van der Waals surface area contributed by atoms with E-state index in [1.807, 2.05) is 0 Å². The second-order valence-corrected chi connectivity index (χ2v) is 7.43. The molecule has 0 saturated carbocycles. The number of amides is 1. The molecular weight excluding hydrogens is 290 g/mol. The monoisotopic (exact) mass is 319 g/mol. The number of rotatable bonds is 7. The van der Waals surface area contributed by atoms with E-state index in [-0.39, 0.29) is 17.2 Å². The van der Waals surface area contributed by atoms with Crippen molar-refractivity contribution in [3.05, 3.63) is 35.4 Å². The number of hydrogen-bond donors (Lipinski definition) is 2. The van der Waals surface area contributed by atoms with Gasteiger partial charge in [-0.2, -0.15) is 0 Å². The van der Waals surface area contributed by atoms with E-state index < -0.39 is 12.0 Å². The van der Waals surface area contributed by atoms with Gasteiger partial charge >= 0.3 is 5.97 Å². The number of carboxylic acid groups (broad SMARTS) is 1. The summed E-state index contributed by atoms with van der Waals surface area (Å²) in [4.78, 5) is 22.9. The minimum absolute atomic E-state index is 0.124.